The molecule has 162 valence electrons. The van der Waals surface area contributed by atoms with Gasteiger partial charge in [-0.05, 0) is 29.6 Å². The van der Waals surface area contributed by atoms with Crippen molar-refractivity contribution in [3.63, 3.8) is 0 Å². The van der Waals surface area contributed by atoms with Crippen molar-refractivity contribution >= 4 is 56.5 Å². The number of carboxylic acids is 1. The predicted molar refractivity (Wildman–Crippen MR) is 121 cm³/mol. The fraction of sp³-hybridized carbons (Fsp3) is 0.190. The van der Waals surface area contributed by atoms with Gasteiger partial charge in [0, 0.05) is 13.1 Å². The van der Waals surface area contributed by atoms with Gasteiger partial charge in [0.15, 0.2) is 5.82 Å². The van der Waals surface area contributed by atoms with Gasteiger partial charge in [0.05, 0.1) is 46.2 Å². The lowest BCUT2D eigenvalue weighted by Crippen LogP contribution is -2.36. The summed E-state index contributed by atoms with van der Waals surface area (Å²) in [6.07, 6.45) is 2.58. The van der Waals surface area contributed by atoms with Crippen molar-refractivity contribution in [2.24, 2.45) is 5.10 Å². The van der Waals surface area contributed by atoms with Gasteiger partial charge in [0.1, 0.15) is 11.8 Å². The van der Waals surface area contributed by atoms with Crippen LogP contribution in [0, 0.1) is 0 Å². The number of nitrogens with one attached hydrogen (secondary N) is 1. The standard InChI is InChI=1S/C21H17N5O5S/c27-17-13(11-31-16-2-1-12(20(28)29)9-14(16)17)10-22-25-21-23-15-3-8-32-18(15)19(24-21)26-4-6-30-7-5-26/h1-3,8-11H,4-7H2,(H,28,29)(H,23,24,25)/b22-10+. The lowest BCUT2D eigenvalue weighted by molar-refractivity contribution is 0.0697. The predicted octanol–water partition coefficient (Wildman–Crippen LogP) is 2.78. The Labute approximate surface area is 184 Å². The number of hydrogen-bond acceptors (Lipinski definition) is 10. The van der Waals surface area contributed by atoms with Crippen LogP contribution in [0.5, 0.6) is 0 Å². The zero-order chi connectivity index (χ0) is 22.1. The normalized spacial score (nSPS) is 14.4. The van der Waals surface area contributed by atoms with Gasteiger partial charge in [-0.15, -0.1) is 11.3 Å². The van der Waals surface area contributed by atoms with Gasteiger partial charge in [0.2, 0.25) is 11.4 Å². The molecule has 11 heteroatoms. The summed E-state index contributed by atoms with van der Waals surface area (Å²) in [5.41, 5.74) is 3.66. The van der Waals surface area contributed by atoms with Gasteiger partial charge >= 0.3 is 5.97 Å². The lowest BCUT2D eigenvalue weighted by Gasteiger charge is -2.28. The second-order valence-corrected chi connectivity index (χ2v) is 7.93. The fourth-order valence-electron chi connectivity index (χ4n) is 3.42. The Kier molecular flexibility index (Phi) is 5.25. The summed E-state index contributed by atoms with van der Waals surface area (Å²) >= 11 is 1.57. The lowest BCUT2D eigenvalue weighted by atomic mass is 10.1. The Hall–Kier alpha value is -3.83. The van der Waals surface area contributed by atoms with Gasteiger partial charge < -0.3 is 19.2 Å². The Morgan fingerprint density at radius 1 is 1.25 bits per heavy atom. The minimum Gasteiger partial charge on any atom is -0.478 e. The SMILES string of the molecule is O=C(O)c1ccc2occ(/C=N/Nc3nc(N4CCOCC4)c4sccc4n3)c(=O)c2c1. The number of thiophene rings is 1. The Bertz CT molecular complexity index is 1410. The smallest absolute Gasteiger partial charge is 0.335 e. The van der Waals surface area contributed by atoms with E-state index >= 15 is 0 Å². The highest BCUT2D eigenvalue weighted by molar-refractivity contribution is 7.17. The van der Waals surface area contributed by atoms with Crippen molar-refractivity contribution < 1.29 is 19.1 Å². The van der Waals surface area contributed by atoms with Crippen LogP contribution in [-0.2, 0) is 4.74 Å². The van der Waals surface area contributed by atoms with Crippen molar-refractivity contribution in [1.82, 2.24) is 9.97 Å². The summed E-state index contributed by atoms with van der Waals surface area (Å²) in [7, 11) is 0. The third kappa shape index (κ3) is 3.79. The summed E-state index contributed by atoms with van der Waals surface area (Å²) in [6, 6.07) is 6.04. The molecule has 0 spiro atoms. The van der Waals surface area contributed by atoms with Gasteiger partial charge in [-0.2, -0.15) is 10.1 Å². The number of carbonyl (C=O) groups is 1. The highest BCUT2D eigenvalue weighted by Crippen LogP contribution is 2.30. The first-order chi connectivity index (χ1) is 15.6. The molecule has 1 aliphatic heterocycles. The third-order valence-electron chi connectivity index (χ3n) is 5.01. The molecule has 0 unspecified atom stereocenters. The van der Waals surface area contributed by atoms with Crippen molar-refractivity contribution in [2.75, 3.05) is 36.6 Å². The zero-order valence-corrected chi connectivity index (χ0v) is 17.5. The minimum atomic E-state index is -1.12. The molecule has 0 atom stereocenters. The Morgan fingerprint density at radius 2 is 2.09 bits per heavy atom. The number of aromatic carboxylic acids is 1. The van der Waals surface area contributed by atoms with Gasteiger partial charge in [-0.25, -0.2) is 15.2 Å². The molecule has 4 heterocycles. The number of fused-ring (bicyclic) bond motifs is 2. The van der Waals surface area contributed by atoms with E-state index < -0.39 is 5.97 Å². The van der Waals surface area contributed by atoms with Gasteiger partial charge in [-0.3, -0.25) is 4.79 Å². The van der Waals surface area contributed by atoms with Crippen LogP contribution in [0.3, 0.4) is 0 Å². The summed E-state index contributed by atoms with van der Waals surface area (Å²) in [4.78, 5) is 35.2. The van der Waals surface area contributed by atoms with Crippen LogP contribution in [0.25, 0.3) is 21.2 Å². The molecular formula is C21H17N5O5S. The molecule has 1 fully saturated rings. The van der Waals surface area contributed by atoms with Gasteiger partial charge in [-0.1, -0.05) is 0 Å². The first-order valence-electron chi connectivity index (χ1n) is 9.76. The molecule has 0 bridgehead atoms. The maximum Gasteiger partial charge on any atom is 0.335 e. The molecule has 1 saturated heterocycles. The maximum absolute atomic E-state index is 12.7. The van der Waals surface area contributed by atoms with E-state index in [2.05, 4.69) is 25.4 Å². The molecule has 1 aliphatic rings. The van der Waals surface area contributed by atoms with Crippen LogP contribution in [0.2, 0.25) is 0 Å². The first kappa shape index (κ1) is 20.1. The number of nitrogens with zero attached hydrogens (tertiary/aromatic N) is 4. The quantitative estimate of drug-likeness (QED) is 0.347. The number of hydrazone groups is 1. The molecule has 32 heavy (non-hydrogen) atoms. The fourth-order valence-corrected chi connectivity index (χ4v) is 4.26. The van der Waals surface area contributed by atoms with Gasteiger partial charge in [0.25, 0.3) is 0 Å². The number of benzene rings is 1. The second kappa shape index (κ2) is 8.36. The van der Waals surface area contributed by atoms with E-state index in [1.807, 2.05) is 11.4 Å². The van der Waals surface area contributed by atoms with Crippen molar-refractivity contribution in [3.8, 4) is 0 Å². The van der Waals surface area contributed by atoms with E-state index in [-0.39, 0.29) is 21.9 Å². The largest absolute Gasteiger partial charge is 0.478 e. The molecule has 0 amide bonds. The summed E-state index contributed by atoms with van der Waals surface area (Å²) in [6.45, 7) is 2.75. The van der Waals surface area contributed by atoms with Crippen molar-refractivity contribution in [2.45, 2.75) is 0 Å². The van der Waals surface area contributed by atoms with E-state index in [4.69, 9.17) is 14.3 Å². The minimum absolute atomic E-state index is 0.00474. The number of ether oxygens (including phenoxy) is 1. The average molecular weight is 451 g/mol. The van der Waals surface area contributed by atoms with E-state index in [9.17, 15) is 9.59 Å². The van der Waals surface area contributed by atoms with Crippen LogP contribution >= 0.6 is 11.3 Å². The van der Waals surface area contributed by atoms with Crippen molar-refractivity contribution in [3.05, 3.63) is 57.3 Å². The maximum atomic E-state index is 12.7. The molecule has 2 N–H and O–H groups in total. The molecule has 0 aliphatic carbocycles. The number of anilines is 2. The van der Waals surface area contributed by atoms with E-state index in [0.717, 1.165) is 29.1 Å². The van der Waals surface area contributed by atoms with Crippen LogP contribution in [0.15, 0.2) is 50.2 Å². The van der Waals surface area contributed by atoms with E-state index in [0.29, 0.717) is 24.7 Å². The van der Waals surface area contributed by atoms with Crippen molar-refractivity contribution in [1.29, 1.82) is 0 Å². The van der Waals surface area contributed by atoms with E-state index in [1.54, 1.807) is 11.3 Å². The Balaban J connectivity index is 1.43. The number of hydrogen-bond donors (Lipinski definition) is 2. The molecule has 5 rings (SSSR count). The number of rotatable bonds is 5. The van der Waals surface area contributed by atoms with Crippen LogP contribution < -0.4 is 15.8 Å². The highest BCUT2D eigenvalue weighted by Gasteiger charge is 2.18. The highest BCUT2D eigenvalue weighted by atomic mass is 32.1. The zero-order valence-electron chi connectivity index (χ0n) is 16.6. The molecule has 0 saturated carbocycles. The third-order valence-corrected chi connectivity index (χ3v) is 5.91. The molecule has 3 aromatic heterocycles. The second-order valence-electron chi connectivity index (χ2n) is 7.01. The number of morpholine rings is 1. The molecule has 10 nitrogen and oxygen atoms in total. The number of aromatic nitrogens is 2. The molecular weight excluding hydrogens is 434 g/mol. The van der Waals surface area contributed by atoms with E-state index in [1.165, 1.54) is 30.7 Å². The summed E-state index contributed by atoms with van der Waals surface area (Å²) in [5, 5.41) is 15.4. The molecule has 0 radical (unpaired) electrons. The van der Waals surface area contributed by atoms with Crippen LogP contribution in [0.1, 0.15) is 15.9 Å². The topological polar surface area (TPSA) is 130 Å². The van der Waals surface area contributed by atoms with Crippen LogP contribution in [0.4, 0.5) is 11.8 Å². The molecule has 1 aromatic carbocycles. The average Bonchev–Trinajstić information content (AvgIpc) is 3.29. The molecule has 4 aromatic rings. The monoisotopic (exact) mass is 451 g/mol. The first-order valence-corrected chi connectivity index (χ1v) is 10.6. The summed E-state index contributed by atoms with van der Waals surface area (Å²) < 4.78 is 11.9. The Morgan fingerprint density at radius 3 is 2.91 bits per heavy atom. The number of carboxylic acid groups (broad SMARTS) is 1. The summed E-state index contributed by atoms with van der Waals surface area (Å²) in [5.74, 6) is -0.00604. The van der Waals surface area contributed by atoms with Crippen LogP contribution in [-0.4, -0.2) is 53.6 Å².